The molecule has 0 spiro atoms. The molecule has 0 aromatic heterocycles. The summed E-state index contributed by atoms with van der Waals surface area (Å²) in [7, 11) is -4.67. The summed E-state index contributed by atoms with van der Waals surface area (Å²) in [6.07, 6.45) is 0. The van der Waals surface area contributed by atoms with Gasteiger partial charge in [0.05, 0.1) is 10.7 Å². The lowest BCUT2D eigenvalue weighted by atomic mass is 10.3. The van der Waals surface area contributed by atoms with Gasteiger partial charge in [0.1, 0.15) is 0 Å². The summed E-state index contributed by atoms with van der Waals surface area (Å²) in [6, 6.07) is 5.01. The maximum absolute atomic E-state index is 8.74. The van der Waals surface area contributed by atoms with E-state index in [1.807, 2.05) is 0 Å². The fraction of sp³-hybridized carbons (Fsp3) is 0. The zero-order chi connectivity index (χ0) is 11.4. The molecule has 1 aromatic carbocycles. The van der Waals surface area contributed by atoms with Crippen molar-refractivity contribution in [1.29, 1.82) is 0 Å². The molecule has 7 nitrogen and oxygen atoms in total. The third kappa shape index (κ3) is 10.9. The van der Waals surface area contributed by atoms with E-state index < -0.39 is 10.4 Å². The standard InChI is InChI=1S/C6H7ClN2.H2O4S.H2O/c7-5-3-4(8)1-2-6(5)9;1-5(2,3)4;/h1-3H,8-9H2;(H2,1,2,3,4);1H2. The van der Waals surface area contributed by atoms with Gasteiger partial charge < -0.3 is 16.9 Å². The van der Waals surface area contributed by atoms with E-state index in [1.165, 1.54) is 0 Å². The van der Waals surface area contributed by atoms with Crippen molar-refractivity contribution in [2.24, 2.45) is 0 Å². The van der Waals surface area contributed by atoms with Gasteiger partial charge in [0.15, 0.2) is 0 Å². The first-order valence-electron chi connectivity index (χ1n) is 3.20. The van der Waals surface area contributed by atoms with Crippen molar-refractivity contribution in [2.75, 3.05) is 11.5 Å². The molecule has 0 aliphatic heterocycles. The first-order valence-corrected chi connectivity index (χ1v) is 4.98. The highest BCUT2D eigenvalue weighted by Crippen LogP contribution is 2.20. The van der Waals surface area contributed by atoms with Gasteiger partial charge in [-0.3, -0.25) is 9.11 Å². The van der Waals surface area contributed by atoms with E-state index in [0.717, 1.165) is 0 Å². The van der Waals surface area contributed by atoms with E-state index in [0.29, 0.717) is 16.4 Å². The number of rotatable bonds is 0. The van der Waals surface area contributed by atoms with Gasteiger partial charge in [-0.15, -0.1) is 0 Å². The van der Waals surface area contributed by atoms with Crippen molar-refractivity contribution >= 4 is 33.4 Å². The summed E-state index contributed by atoms with van der Waals surface area (Å²) in [5.74, 6) is 0. The van der Waals surface area contributed by atoms with E-state index in [-0.39, 0.29) is 5.48 Å². The van der Waals surface area contributed by atoms with Crippen LogP contribution in [-0.4, -0.2) is 23.0 Å². The third-order valence-electron chi connectivity index (χ3n) is 1.02. The van der Waals surface area contributed by atoms with Gasteiger partial charge in [0.25, 0.3) is 0 Å². The predicted octanol–water partition coefficient (Wildman–Crippen LogP) is 0.0269. The Morgan fingerprint density at radius 2 is 1.60 bits per heavy atom. The minimum Gasteiger partial charge on any atom is -0.412 e. The van der Waals surface area contributed by atoms with Crippen molar-refractivity contribution in [3.63, 3.8) is 0 Å². The van der Waals surface area contributed by atoms with Crippen LogP contribution in [0.1, 0.15) is 0 Å². The predicted molar refractivity (Wildman–Crippen MR) is 58.1 cm³/mol. The second-order valence-electron chi connectivity index (χ2n) is 2.23. The molecular formula is C6H11ClN2O5S. The van der Waals surface area contributed by atoms with Gasteiger partial charge in [0, 0.05) is 5.69 Å². The summed E-state index contributed by atoms with van der Waals surface area (Å²) in [5.41, 5.74) is 12.0. The molecule has 0 amide bonds. The molecule has 0 aliphatic rings. The molecule has 8 N–H and O–H groups in total. The highest BCUT2D eigenvalue weighted by Gasteiger charge is 1.92. The maximum Gasteiger partial charge on any atom is 0.394 e. The Bertz CT molecular complexity index is 400. The van der Waals surface area contributed by atoms with Crippen LogP contribution in [0.25, 0.3) is 0 Å². The van der Waals surface area contributed by atoms with Crippen LogP contribution in [-0.2, 0) is 10.4 Å². The Hall–Kier alpha value is -1.06. The molecule has 0 atom stereocenters. The van der Waals surface area contributed by atoms with E-state index in [1.54, 1.807) is 18.2 Å². The van der Waals surface area contributed by atoms with Crippen molar-refractivity contribution in [3.8, 4) is 0 Å². The van der Waals surface area contributed by atoms with Crippen molar-refractivity contribution in [1.82, 2.24) is 0 Å². The molecule has 0 heterocycles. The van der Waals surface area contributed by atoms with Gasteiger partial charge in [-0.05, 0) is 18.2 Å². The summed E-state index contributed by atoms with van der Waals surface area (Å²) < 4.78 is 31.6. The average molecular weight is 259 g/mol. The molecule has 15 heavy (non-hydrogen) atoms. The molecule has 1 aromatic rings. The molecule has 0 fully saturated rings. The zero-order valence-electron chi connectivity index (χ0n) is 7.38. The highest BCUT2D eigenvalue weighted by molar-refractivity contribution is 7.79. The zero-order valence-corrected chi connectivity index (χ0v) is 8.96. The monoisotopic (exact) mass is 258 g/mol. The molecule has 0 radical (unpaired) electrons. The average Bonchev–Trinajstić information content (AvgIpc) is 1.94. The first kappa shape index (κ1) is 16.4. The van der Waals surface area contributed by atoms with E-state index >= 15 is 0 Å². The number of hydrogen-bond acceptors (Lipinski definition) is 4. The SMILES string of the molecule is Nc1ccc(N)c(Cl)c1.O.O=S(=O)(O)O. The largest absolute Gasteiger partial charge is 0.412 e. The summed E-state index contributed by atoms with van der Waals surface area (Å²) in [4.78, 5) is 0. The number of nitrogens with two attached hydrogens (primary N) is 2. The number of nitrogen functional groups attached to an aromatic ring is 2. The summed E-state index contributed by atoms with van der Waals surface area (Å²) >= 11 is 5.61. The van der Waals surface area contributed by atoms with Gasteiger partial charge in [0.2, 0.25) is 0 Å². The van der Waals surface area contributed by atoms with E-state index in [2.05, 4.69) is 0 Å². The molecule has 0 bridgehead atoms. The van der Waals surface area contributed by atoms with Crippen LogP contribution in [0.5, 0.6) is 0 Å². The van der Waals surface area contributed by atoms with Crippen molar-refractivity contribution < 1.29 is 23.0 Å². The van der Waals surface area contributed by atoms with Gasteiger partial charge in [-0.2, -0.15) is 8.42 Å². The Morgan fingerprint density at radius 3 is 1.87 bits per heavy atom. The van der Waals surface area contributed by atoms with E-state index in [9.17, 15) is 0 Å². The number of hydrogen-bond donors (Lipinski definition) is 4. The van der Waals surface area contributed by atoms with Gasteiger partial charge >= 0.3 is 10.4 Å². The first-order chi connectivity index (χ1) is 6.20. The topological polar surface area (TPSA) is 158 Å². The van der Waals surface area contributed by atoms with Crippen LogP contribution >= 0.6 is 11.6 Å². The van der Waals surface area contributed by atoms with Gasteiger partial charge in [-0.1, -0.05) is 11.6 Å². The number of halogens is 1. The summed E-state index contributed by atoms with van der Waals surface area (Å²) in [6.45, 7) is 0. The molecule has 0 saturated heterocycles. The van der Waals surface area contributed by atoms with Crippen molar-refractivity contribution in [3.05, 3.63) is 23.2 Å². The van der Waals surface area contributed by atoms with Crippen LogP contribution in [0.2, 0.25) is 5.02 Å². The maximum atomic E-state index is 8.74. The Kier molecular flexibility index (Phi) is 7.02. The molecule has 9 heteroatoms. The lowest BCUT2D eigenvalue weighted by molar-refractivity contribution is 0.381. The van der Waals surface area contributed by atoms with Crippen molar-refractivity contribution in [2.45, 2.75) is 0 Å². The fourth-order valence-electron chi connectivity index (χ4n) is 0.543. The lowest BCUT2D eigenvalue weighted by Gasteiger charge is -1.96. The fourth-order valence-corrected chi connectivity index (χ4v) is 0.732. The second-order valence-corrected chi connectivity index (χ2v) is 3.53. The van der Waals surface area contributed by atoms with Gasteiger partial charge in [-0.25, -0.2) is 0 Å². The number of benzene rings is 1. The highest BCUT2D eigenvalue weighted by atomic mass is 35.5. The van der Waals surface area contributed by atoms with Crippen LogP contribution in [0, 0.1) is 0 Å². The Morgan fingerprint density at radius 1 is 1.20 bits per heavy atom. The minimum atomic E-state index is -4.67. The van der Waals surface area contributed by atoms with Crippen LogP contribution in [0.4, 0.5) is 11.4 Å². The van der Waals surface area contributed by atoms with E-state index in [4.69, 9.17) is 40.6 Å². The summed E-state index contributed by atoms with van der Waals surface area (Å²) in [5, 5.41) is 0.509. The molecule has 1 rings (SSSR count). The molecule has 0 unspecified atom stereocenters. The lowest BCUT2D eigenvalue weighted by Crippen LogP contribution is -1.89. The normalized spacial score (nSPS) is 9.53. The molecule has 0 saturated carbocycles. The second kappa shape index (κ2) is 6.43. The van der Waals surface area contributed by atoms with Crippen LogP contribution < -0.4 is 11.5 Å². The molecule has 0 aliphatic carbocycles. The minimum absolute atomic E-state index is 0. The van der Waals surface area contributed by atoms with Crippen LogP contribution in [0.15, 0.2) is 18.2 Å². The smallest absolute Gasteiger partial charge is 0.394 e. The Balaban J connectivity index is 0. The Labute approximate surface area is 91.5 Å². The van der Waals surface area contributed by atoms with Crippen LogP contribution in [0.3, 0.4) is 0 Å². The number of anilines is 2. The quantitative estimate of drug-likeness (QED) is 0.379. The molecular weight excluding hydrogens is 248 g/mol. The third-order valence-corrected chi connectivity index (χ3v) is 1.35. The molecule has 88 valence electrons.